The lowest BCUT2D eigenvalue weighted by Crippen LogP contribution is -2.33. The number of hydrogen-bond donors (Lipinski definition) is 0. The van der Waals surface area contributed by atoms with Gasteiger partial charge in [0.2, 0.25) is 17.3 Å². The molecule has 1 fully saturated rings. The molecular weight excluding hydrogens is 268 g/mol. The SMILES string of the molecule is CCc1nc2c(o1)C(=O)C=C(N1CCCCCCC1)C2=O. The third kappa shape index (κ3) is 2.64. The molecule has 1 aliphatic carbocycles. The van der Waals surface area contributed by atoms with Gasteiger partial charge in [-0.1, -0.05) is 26.2 Å². The fourth-order valence-electron chi connectivity index (χ4n) is 2.94. The summed E-state index contributed by atoms with van der Waals surface area (Å²) in [7, 11) is 0. The predicted octanol–water partition coefficient (Wildman–Crippen LogP) is 2.77. The van der Waals surface area contributed by atoms with E-state index in [1.54, 1.807) is 0 Å². The molecule has 5 nitrogen and oxygen atoms in total. The van der Waals surface area contributed by atoms with Gasteiger partial charge < -0.3 is 9.32 Å². The van der Waals surface area contributed by atoms with E-state index in [9.17, 15) is 9.59 Å². The third-order valence-electron chi connectivity index (χ3n) is 4.11. The molecule has 0 amide bonds. The Morgan fingerprint density at radius 3 is 2.48 bits per heavy atom. The lowest BCUT2D eigenvalue weighted by atomic mass is 10.0. The maximum Gasteiger partial charge on any atom is 0.231 e. The zero-order valence-electron chi connectivity index (χ0n) is 12.4. The van der Waals surface area contributed by atoms with Crippen molar-refractivity contribution in [2.24, 2.45) is 0 Å². The zero-order chi connectivity index (χ0) is 14.8. The molecule has 1 aromatic heterocycles. The van der Waals surface area contributed by atoms with Crippen LogP contribution in [0.5, 0.6) is 0 Å². The monoisotopic (exact) mass is 288 g/mol. The number of carbonyl (C=O) groups excluding carboxylic acids is 2. The highest BCUT2D eigenvalue weighted by Crippen LogP contribution is 2.25. The number of rotatable bonds is 2. The predicted molar refractivity (Wildman–Crippen MR) is 77.3 cm³/mol. The standard InChI is InChI=1S/C16H20N2O3/c1-2-13-17-14-15(20)11(10-12(19)16(14)21-13)18-8-6-4-3-5-7-9-18/h10H,2-9H2,1H3. The highest BCUT2D eigenvalue weighted by molar-refractivity contribution is 6.22. The summed E-state index contributed by atoms with van der Waals surface area (Å²) in [6.07, 6.45) is 7.74. The van der Waals surface area contributed by atoms with Crippen molar-refractivity contribution in [2.75, 3.05) is 13.1 Å². The highest BCUT2D eigenvalue weighted by Gasteiger charge is 2.33. The number of oxazole rings is 1. The molecule has 3 rings (SSSR count). The van der Waals surface area contributed by atoms with Gasteiger partial charge in [-0.25, -0.2) is 4.98 Å². The summed E-state index contributed by atoms with van der Waals surface area (Å²) in [6, 6.07) is 0. The molecule has 0 aromatic carbocycles. The van der Waals surface area contributed by atoms with Crippen LogP contribution in [-0.2, 0) is 6.42 Å². The van der Waals surface area contributed by atoms with Gasteiger partial charge in [-0.2, -0.15) is 0 Å². The van der Waals surface area contributed by atoms with Gasteiger partial charge in [-0.3, -0.25) is 9.59 Å². The van der Waals surface area contributed by atoms with E-state index in [-0.39, 0.29) is 23.0 Å². The highest BCUT2D eigenvalue weighted by atomic mass is 16.4. The Balaban J connectivity index is 1.89. The van der Waals surface area contributed by atoms with E-state index in [1.165, 1.54) is 25.3 Å². The summed E-state index contributed by atoms with van der Waals surface area (Å²) in [4.78, 5) is 31.0. The molecule has 0 unspecified atom stereocenters. The Kier molecular flexibility index (Phi) is 3.90. The topological polar surface area (TPSA) is 63.4 Å². The van der Waals surface area contributed by atoms with E-state index in [0.29, 0.717) is 18.0 Å². The van der Waals surface area contributed by atoms with Crippen LogP contribution in [0.3, 0.4) is 0 Å². The number of aromatic nitrogens is 1. The minimum absolute atomic E-state index is 0.104. The average Bonchev–Trinajstić information content (AvgIpc) is 2.88. The first-order valence-corrected chi connectivity index (χ1v) is 7.76. The van der Waals surface area contributed by atoms with Gasteiger partial charge in [-0.05, 0) is 12.8 Å². The molecule has 0 saturated carbocycles. The summed E-state index contributed by atoms with van der Waals surface area (Å²) in [6.45, 7) is 3.55. The number of nitrogens with zero attached hydrogens (tertiary/aromatic N) is 2. The molecule has 0 atom stereocenters. The third-order valence-corrected chi connectivity index (χ3v) is 4.11. The number of fused-ring (bicyclic) bond motifs is 1. The van der Waals surface area contributed by atoms with Crippen molar-refractivity contribution in [3.8, 4) is 0 Å². The minimum atomic E-state index is -0.242. The van der Waals surface area contributed by atoms with Gasteiger partial charge in [0.15, 0.2) is 11.6 Å². The van der Waals surface area contributed by atoms with Crippen molar-refractivity contribution < 1.29 is 14.0 Å². The largest absolute Gasteiger partial charge is 0.436 e. The Morgan fingerprint density at radius 2 is 1.81 bits per heavy atom. The van der Waals surface area contributed by atoms with Gasteiger partial charge in [0, 0.05) is 25.6 Å². The van der Waals surface area contributed by atoms with E-state index in [2.05, 4.69) is 4.98 Å². The van der Waals surface area contributed by atoms with Crippen LogP contribution in [0.1, 0.15) is 66.0 Å². The van der Waals surface area contributed by atoms with Gasteiger partial charge in [0.25, 0.3) is 0 Å². The van der Waals surface area contributed by atoms with Crippen LogP contribution < -0.4 is 0 Å². The van der Waals surface area contributed by atoms with Crippen molar-refractivity contribution in [3.05, 3.63) is 29.1 Å². The van der Waals surface area contributed by atoms with Crippen LogP contribution in [0.25, 0.3) is 0 Å². The second-order valence-corrected chi connectivity index (χ2v) is 5.62. The van der Waals surface area contributed by atoms with E-state index >= 15 is 0 Å². The summed E-state index contributed by atoms with van der Waals surface area (Å²) >= 11 is 0. The number of allylic oxidation sites excluding steroid dienone is 2. The minimum Gasteiger partial charge on any atom is -0.436 e. The molecule has 2 heterocycles. The van der Waals surface area contributed by atoms with Crippen molar-refractivity contribution in [2.45, 2.75) is 45.4 Å². The van der Waals surface area contributed by atoms with Crippen LogP contribution in [-0.4, -0.2) is 34.5 Å². The average molecular weight is 288 g/mol. The normalized spacial score (nSPS) is 19.9. The summed E-state index contributed by atoms with van der Waals surface area (Å²) < 4.78 is 5.37. The van der Waals surface area contributed by atoms with Gasteiger partial charge in [0.05, 0.1) is 5.70 Å². The second-order valence-electron chi connectivity index (χ2n) is 5.62. The number of aryl methyl sites for hydroxylation is 1. The maximum absolute atomic E-state index is 12.6. The van der Waals surface area contributed by atoms with Crippen LogP contribution in [0.2, 0.25) is 0 Å². The van der Waals surface area contributed by atoms with Crippen molar-refractivity contribution in [3.63, 3.8) is 0 Å². The first-order chi connectivity index (χ1) is 10.2. The molecule has 5 heteroatoms. The van der Waals surface area contributed by atoms with Crippen molar-refractivity contribution in [1.82, 2.24) is 9.88 Å². The van der Waals surface area contributed by atoms with Crippen molar-refractivity contribution in [1.29, 1.82) is 0 Å². The van der Waals surface area contributed by atoms with Crippen LogP contribution >= 0.6 is 0 Å². The molecule has 0 N–H and O–H groups in total. The molecular formula is C16H20N2O3. The Morgan fingerprint density at radius 1 is 1.14 bits per heavy atom. The Hall–Kier alpha value is -1.91. The lowest BCUT2D eigenvalue weighted by molar-refractivity contribution is 0.0931. The fourth-order valence-corrected chi connectivity index (χ4v) is 2.94. The zero-order valence-corrected chi connectivity index (χ0v) is 12.4. The second kappa shape index (κ2) is 5.84. The number of hydrogen-bond acceptors (Lipinski definition) is 5. The summed E-state index contributed by atoms with van der Waals surface area (Å²) in [5.41, 5.74) is 0.682. The molecule has 21 heavy (non-hydrogen) atoms. The lowest BCUT2D eigenvalue weighted by Gasteiger charge is -2.29. The number of carbonyl (C=O) groups is 2. The number of Topliss-reactive ketones (excluding diaryl/α,β-unsaturated/α-hetero) is 1. The summed E-state index contributed by atoms with van der Waals surface area (Å²) in [5, 5.41) is 0. The van der Waals surface area contributed by atoms with Crippen molar-refractivity contribution >= 4 is 11.6 Å². The van der Waals surface area contributed by atoms with Gasteiger partial charge >= 0.3 is 0 Å². The van der Waals surface area contributed by atoms with E-state index in [1.807, 2.05) is 11.8 Å². The Bertz CT molecular complexity index is 593. The summed E-state index contributed by atoms with van der Waals surface area (Å²) in [5.74, 6) is 0.138. The van der Waals surface area contributed by atoms with Gasteiger partial charge in [0.1, 0.15) is 0 Å². The molecule has 1 aliphatic heterocycles. The first kappa shape index (κ1) is 14.0. The molecule has 1 saturated heterocycles. The fraction of sp³-hybridized carbons (Fsp3) is 0.562. The van der Waals surface area contributed by atoms with Gasteiger partial charge in [-0.15, -0.1) is 0 Å². The first-order valence-electron chi connectivity index (χ1n) is 7.76. The molecule has 0 radical (unpaired) electrons. The van der Waals surface area contributed by atoms with E-state index in [4.69, 9.17) is 4.42 Å². The maximum atomic E-state index is 12.6. The van der Waals surface area contributed by atoms with E-state index in [0.717, 1.165) is 25.9 Å². The number of likely N-dealkylation sites (tertiary alicyclic amines) is 1. The smallest absolute Gasteiger partial charge is 0.231 e. The Labute approximate surface area is 124 Å². The van der Waals surface area contributed by atoms with E-state index < -0.39 is 0 Å². The molecule has 1 aromatic rings. The molecule has 112 valence electrons. The molecule has 0 spiro atoms. The molecule has 0 bridgehead atoms. The quantitative estimate of drug-likeness (QED) is 0.837. The molecule has 2 aliphatic rings. The van der Waals surface area contributed by atoms with Crippen LogP contribution in [0.15, 0.2) is 16.2 Å². The van der Waals surface area contributed by atoms with Crippen LogP contribution in [0.4, 0.5) is 0 Å². The van der Waals surface area contributed by atoms with Crippen LogP contribution in [0, 0.1) is 0 Å². The number of ketones is 2.